The van der Waals surface area contributed by atoms with Crippen molar-refractivity contribution in [2.75, 3.05) is 6.54 Å². The van der Waals surface area contributed by atoms with Crippen LogP contribution in [0.2, 0.25) is 0 Å². The van der Waals surface area contributed by atoms with Crippen LogP contribution in [0.1, 0.15) is 58.3 Å². The lowest BCUT2D eigenvalue weighted by molar-refractivity contribution is -0.148. The molecule has 1 heterocycles. The number of nitrogens with one attached hydrogen (secondary N) is 1. The van der Waals surface area contributed by atoms with Crippen LogP contribution in [-0.2, 0) is 14.4 Å². The maximum Gasteiger partial charge on any atom is 0.326 e. The first-order valence-electron chi connectivity index (χ1n) is 8.31. The molecule has 2 rings (SSSR count). The molecule has 1 aliphatic carbocycles. The Morgan fingerprint density at radius 1 is 1.14 bits per heavy atom. The van der Waals surface area contributed by atoms with Gasteiger partial charge in [-0.1, -0.05) is 19.3 Å². The standard InChI is InChI=1S/C16H26N2O4/c1-11(17-15(20)12-6-3-2-4-7-12)10-14(19)18-9-5-8-13(18)16(21)22/h11-13H,2-10H2,1H3,(H,17,20)(H,21,22)/t11?,13-/m1/s1. The number of carboxylic acid groups (broad SMARTS) is 1. The summed E-state index contributed by atoms with van der Waals surface area (Å²) in [7, 11) is 0. The molecule has 2 N–H and O–H groups in total. The number of carboxylic acids is 1. The molecule has 0 aromatic rings. The Balaban J connectivity index is 1.80. The second kappa shape index (κ2) is 7.61. The Hall–Kier alpha value is -1.59. The highest BCUT2D eigenvalue weighted by atomic mass is 16.4. The van der Waals surface area contributed by atoms with Gasteiger partial charge < -0.3 is 15.3 Å². The van der Waals surface area contributed by atoms with E-state index in [-0.39, 0.29) is 30.2 Å². The van der Waals surface area contributed by atoms with Crippen molar-refractivity contribution in [3.63, 3.8) is 0 Å². The summed E-state index contributed by atoms with van der Waals surface area (Å²) in [5.74, 6) is -1.01. The van der Waals surface area contributed by atoms with E-state index in [0.29, 0.717) is 13.0 Å². The average molecular weight is 310 g/mol. The van der Waals surface area contributed by atoms with Crippen molar-refractivity contribution in [3.05, 3.63) is 0 Å². The van der Waals surface area contributed by atoms with Gasteiger partial charge in [0.15, 0.2) is 0 Å². The van der Waals surface area contributed by atoms with Crippen molar-refractivity contribution in [1.29, 1.82) is 0 Å². The van der Waals surface area contributed by atoms with E-state index in [1.807, 2.05) is 6.92 Å². The van der Waals surface area contributed by atoms with E-state index in [0.717, 1.165) is 32.1 Å². The summed E-state index contributed by atoms with van der Waals surface area (Å²) < 4.78 is 0. The van der Waals surface area contributed by atoms with Gasteiger partial charge in [-0.15, -0.1) is 0 Å². The number of carbonyl (C=O) groups is 3. The summed E-state index contributed by atoms with van der Waals surface area (Å²) in [6.07, 6.45) is 6.67. The Bertz CT molecular complexity index is 432. The van der Waals surface area contributed by atoms with Gasteiger partial charge in [0.25, 0.3) is 0 Å². The normalized spacial score (nSPS) is 24.0. The van der Waals surface area contributed by atoms with Crippen molar-refractivity contribution in [3.8, 4) is 0 Å². The molecule has 0 radical (unpaired) electrons. The molecule has 0 spiro atoms. The maximum absolute atomic E-state index is 12.2. The van der Waals surface area contributed by atoms with E-state index in [1.54, 1.807) is 0 Å². The van der Waals surface area contributed by atoms with Crippen LogP contribution >= 0.6 is 0 Å². The molecule has 1 aliphatic heterocycles. The number of aliphatic carboxylic acids is 1. The number of hydrogen-bond donors (Lipinski definition) is 2. The van der Waals surface area contributed by atoms with Gasteiger partial charge in [-0.05, 0) is 32.6 Å². The lowest BCUT2D eigenvalue weighted by atomic mass is 9.88. The smallest absolute Gasteiger partial charge is 0.326 e. The van der Waals surface area contributed by atoms with Crippen LogP contribution in [-0.4, -0.2) is 46.4 Å². The van der Waals surface area contributed by atoms with E-state index >= 15 is 0 Å². The third-order valence-corrected chi connectivity index (χ3v) is 4.70. The molecule has 1 saturated carbocycles. The molecule has 22 heavy (non-hydrogen) atoms. The van der Waals surface area contributed by atoms with Crippen LogP contribution in [0.5, 0.6) is 0 Å². The number of likely N-dealkylation sites (tertiary alicyclic amines) is 1. The molecule has 0 bridgehead atoms. The number of hydrogen-bond acceptors (Lipinski definition) is 3. The summed E-state index contributed by atoms with van der Waals surface area (Å²) in [4.78, 5) is 37.0. The fourth-order valence-electron chi connectivity index (χ4n) is 3.48. The maximum atomic E-state index is 12.2. The fourth-order valence-corrected chi connectivity index (χ4v) is 3.48. The molecule has 6 nitrogen and oxygen atoms in total. The summed E-state index contributed by atoms with van der Waals surface area (Å²) in [6.45, 7) is 2.31. The predicted molar refractivity (Wildman–Crippen MR) is 81.2 cm³/mol. The zero-order valence-electron chi connectivity index (χ0n) is 13.2. The second-order valence-electron chi connectivity index (χ2n) is 6.53. The van der Waals surface area contributed by atoms with Crippen LogP contribution < -0.4 is 5.32 Å². The van der Waals surface area contributed by atoms with Gasteiger partial charge in [-0.25, -0.2) is 4.79 Å². The van der Waals surface area contributed by atoms with E-state index in [4.69, 9.17) is 5.11 Å². The van der Waals surface area contributed by atoms with Gasteiger partial charge in [-0.2, -0.15) is 0 Å². The highest BCUT2D eigenvalue weighted by Crippen LogP contribution is 2.24. The van der Waals surface area contributed by atoms with Gasteiger partial charge in [0.1, 0.15) is 6.04 Å². The molecular weight excluding hydrogens is 284 g/mol. The van der Waals surface area contributed by atoms with E-state index < -0.39 is 12.0 Å². The SMILES string of the molecule is CC(CC(=O)N1CCC[C@@H]1C(=O)O)NC(=O)C1CCCCC1. The Morgan fingerprint density at radius 3 is 2.45 bits per heavy atom. The highest BCUT2D eigenvalue weighted by molar-refractivity contribution is 5.85. The van der Waals surface area contributed by atoms with Crippen LogP contribution in [0.4, 0.5) is 0 Å². The lowest BCUT2D eigenvalue weighted by Crippen LogP contribution is -2.45. The third-order valence-electron chi connectivity index (χ3n) is 4.70. The zero-order chi connectivity index (χ0) is 16.1. The molecule has 2 atom stereocenters. The molecule has 1 saturated heterocycles. The van der Waals surface area contributed by atoms with Gasteiger partial charge in [-0.3, -0.25) is 9.59 Å². The first-order valence-corrected chi connectivity index (χ1v) is 8.31. The Kier molecular flexibility index (Phi) is 5.80. The molecule has 0 aromatic carbocycles. The first-order chi connectivity index (χ1) is 10.5. The van der Waals surface area contributed by atoms with Crippen molar-refractivity contribution in [1.82, 2.24) is 10.2 Å². The molecule has 6 heteroatoms. The third kappa shape index (κ3) is 4.21. The van der Waals surface area contributed by atoms with Gasteiger partial charge in [0.2, 0.25) is 11.8 Å². The number of rotatable bonds is 5. The van der Waals surface area contributed by atoms with Crippen LogP contribution in [0.25, 0.3) is 0 Å². The molecule has 0 aromatic heterocycles. The van der Waals surface area contributed by atoms with Gasteiger partial charge >= 0.3 is 5.97 Å². The molecule has 2 fully saturated rings. The minimum absolute atomic E-state index is 0.0382. The van der Waals surface area contributed by atoms with Crippen LogP contribution in [0.15, 0.2) is 0 Å². The molecule has 124 valence electrons. The number of amides is 2. The number of carbonyl (C=O) groups excluding carboxylic acids is 2. The zero-order valence-corrected chi connectivity index (χ0v) is 13.2. The average Bonchev–Trinajstić information content (AvgIpc) is 2.97. The first kappa shape index (κ1) is 16.8. The minimum Gasteiger partial charge on any atom is -0.480 e. The monoisotopic (exact) mass is 310 g/mol. The van der Waals surface area contributed by atoms with Crippen molar-refractivity contribution < 1.29 is 19.5 Å². The quantitative estimate of drug-likeness (QED) is 0.806. The lowest BCUT2D eigenvalue weighted by Gasteiger charge is -2.25. The Morgan fingerprint density at radius 2 is 1.82 bits per heavy atom. The van der Waals surface area contributed by atoms with Gasteiger partial charge in [0.05, 0.1) is 0 Å². The van der Waals surface area contributed by atoms with Crippen LogP contribution in [0, 0.1) is 5.92 Å². The molecule has 1 unspecified atom stereocenters. The van der Waals surface area contributed by atoms with Crippen molar-refractivity contribution in [2.45, 2.75) is 70.4 Å². The molecule has 2 amide bonds. The summed E-state index contributed by atoms with van der Waals surface area (Å²) in [6, 6.07) is -0.953. The van der Waals surface area contributed by atoms with Crippen molar-refractivity contribution in [2.24, 2.45) is 5.92 Å². The molecule has 2 aliphatic rings. The summed E-state index contributed by atoms with van der Waals surface area (Å²) in [5.41, 5.74) is 0. The number of nitrogens with zero attached hydrogens (tertiary/aromatic N) is 1. The predicted octanol–water partition coefficient (Wildman–Crippen LogP) is 1.54. The van der Waals surface area contributed by atoms with Crippen LogP contribution in [0.3, 0.4) is 0 Å². The summed E-state index contributed by atoms with van der Waals surface area (Å²) >= 11 is 0. The van der Waals surface area contributed by atoms with Crippen molar-refractivity contribution >= 4 is 17.8 Å². The summed E-state index contributed by atoms with van der Waals surface area (Å²) in [5, 5.41) is 12.0. The topological polar surface area (TPSA) is 86.7 Å². The van der Waals surface area contributed by atoms with E-state index in [9.17, 15) is 14.4 Å². The molecular formula is C16H26N2O4. The minimum atomic E-state index is -0.940. The van der Waals surface area contributed by atoms with E-state index in [2.05, 4.69) is 5.32 Å². The van der Waals surface area contributed by atoms with E-state index in [1.165, 1.54) is 11.3 Å². The van der Waals surface area contributed by atoms with Gasteiger partial charge in [0, 0.05) is 24.9 Å². The highest BCUT2D eigenvalue weighted by Gasteiger charge is 2.34. The second-order valence-corrected chi connectivity index (χ2v) is 6.53. The fraction of sp³-hybridized carbons (Fsp3) is 0.812. The Labute approximate surface area is 131 Å². The largest absolute Gasteiger partial charge is 0.480 e.